The molecule has 1 heterocycles. The summed E-state index contributed by atoms with van der Waals surface area (Å²) in [7, 11) is 0. The Bertz CT molecular complexity index is 1070. The number of anilines is 1. The highest BCUT2D eigenvalue weighted by atomic mass is 16.5. The van der Waals surface area contributed by atoms with Crippen molar-refractivity contribution in [3.8, 4) is 17.6 Å². The first-order valence-electron chi connectivity index (χ1n) is 10.0. The lowest BCUT2D eigenvalue weighted by molar-refractivity contribution is -0.133. The number of nitrogens with two attached hydrogens (primary N) is 2. The Kier molecular flexibility index (Phi) is 6.90. The average Bonchev–Trinajstić information content (AvgIpc) is 3.55. The molecule has 0 spiro atoms. The molecule has 0 unspecified atom stereocenters. The zero-order valence-corrected chi connectivity index (χ0v) is 17.6. The van der Waals surface area contributed by atoms with Gasteiger partial charge in [-0.1, -0.05) is 12.0 Å². The molecule has 3 rings (SSSR count). The van der Waals surface area contributed by atoms with Gasteiger partial charge in [-0.05, 0) is 37.8 Å². The molecule has 1 aromatic carbocycles. The van der Waals surface area contributed by atoms with E-state index in [0.29, 0.717) is 24.5 Å². The number of likely N-dealkylation sites (tertiary alicyclic amines) is 1. The highest BCUT2D eigenvalue weighted by Gasteiger charge is 2.31. The molecular weight excluding hydrogens is 412 g/mol. The molecule has 0 aromatic heterocycles. The molecule has 1 aliphatic heterocycles. The van der Waals surface area contributed by atoms with Crippen molar-refractivity contribution in [1.29, 1.82) is 5.41 Å². The molecule has 10 nitrogen and oxygen atoms in total. The summed E-state index contributed by atoms with van der Waals surface area (Å²) in [5.41, 5.74) is 11.0. The average molecular weight is 436 g/mol. The number of hydrogen-bond donors (Lipinski definition) is 4. The van der Waals surface area contributed by atoms with Crippen LogP contribution >= 0.6 is 0 Å². The van der Waals surface area contributed by atoms with Crippen molar-refractivity contribution in [2.45, 2.75) is 25.9 Å². The first-order chi connectivity index (χ1) is 15.3. The molecule has 2 aliphatic rings. The van der Waals surface area contributed by atoms with E-state index in [1.807, 2.05) is 0 Å². The highest BCUT2D eigenvalue weighted by Crippen LogP contribution is 2.30. The van der Waals surface area contributed by atoms with E-state index in [2.05, 4.69) is 22.2 Å². The summed E-state index contributed by atoms with van der Waals surface area (Å²) < 4.78 is 5.87. The monoisotopic (exact) mass is 436 g/mol. The largest absolute Gasteiger partial charge is 0.487 e. The van der Waals surface area contributed by atoms with Crippen LogP contribution in [0.5, 0.6) is 5.75 Å². The van der Waals surface area contributed by atoms with E-state index in [-0.39, 0.29) is 35.4 Å². The van der Waals surface area contributed by atoms with E-state index in [9.17, 15) is 14.4 Å². The van der Waals surface area contributed by atoms with E-state index in [1.165, 1.54) is 6.08 Å². The van der Waals surface area contributed by atoms with E-state index < -0.39 is 11.6 Å². The van der Waals surface area contributed by atoms with Gasteiger partial charge in [0.2, 0.25) is 0 Å². The number of aliphatic imine (C=N–C) groups is 1. The van der Waals surface area contributed by atoms with Gasteiger partial charge in [0.15, 0.2) is 0 Å². The maximum atomic E-state index is 11.8. The number of carbonyl (C=O) groups is 3. The predicted molar refractivity (Wildman–Crippen MR) is 119 cm³/mol. The third-order valence-corrected chi connectivity index (χ3v) is 4.76. The van der Waals surface area contributed by atoms with Gasteiger partial charge < -0.3 is 26.4 Å². The lowest BCUT2D eigenvalue weighted by Gasteiger charge is -2.37. The number of amides is 3. The third-order valence-electron chi connectivity index (χ3n) is 4.76. The van der Waals surface area contributed by atoms with E-state index in [1.54, 1.807) is 36.1 Å². The van der Waals surface area contributed by atoms with Crippen molar-refractivity contribution in [1.82, 2.24) is 4.90 Å². The van der Waals surface area contributed by atoms with Gasteiger partial charge in [0.1, 0.15) is 23.4 Å². The molecule has 3 amide bonds. The normalized spacial score (nSPS) is 16.3. The summed E-state index contributed by atoms with van der Waals surface area (Å²) in [5, 5.41) is 10.8. The van der Waals surface area contributed by atoms with Gasteiger partial charge in [0.05, 0.1) is 18.8 Å². The van der Waals surface area contributed by atoms with Crippen molar-refractivity contribution in [2.75, 3.05) is 18.4 Å². The first-order valence-corrected chi connectivity index (χ1v) is 10.0. The van der Waals surface area contributed by atoms with Gasteiger partial charge in [-0.15, -0.1) is 0 Å². The molecule has 0 radical (unpaired) electrons. The summed E-state index contributed by atoms with van der Waals surface area (Å²) in [4.78, 5) is 40.5. The maximum Gasteiger partial charge on any atom is 0.298 e. The number of ether oxygens (including phenoxy) is 1. The fraction of sp³-hybridized carbons (Fsp3) is 0.318. The molecule has 1 aromatic rings. The Morgan fingerprint density at radius 2 is 2.00 bits per heavy atom. The summed E-state index contributed by atoms with van der Waals surface area (Å²) >= 11 is 0. The zero-order chi connectivity index (χ0) is 23.3. The molecule has 6 N–H and O–H groups in total. The van der Waals surface area contributed by atoms with Gasteiger partial charge in [-0.25, -0.2) is 0 Å². The number of benzene rings is 1. The Labute approximate surface area is 185 Å². The molecule has 10 heteroatoms. The molecule has 1 saturated carbocycles. The van der Waals surface area contributed by atoms with Crippen LogP contribution in [0.25, 0.3) is 0 Å². The summed E-state index contributed by atoms with van der Waals surface area (Å²) in [5.74, 6) is 3.84. The van der Waals surface area contributed by atoms with Crippen molar-refractivity contribution in [3.05, 3.63) is 36.0 Å². The van der Waals surface area contributed by atoms with Gasteiger partial charge in [-0.2, -0.15) is 4.99 Å². The Balaban J connectivity index is 1.68. The van der Waals surface area contributed by atoms with Gasteiger partial charge >= 0.3 is 0 Å². The van der Waals surface area contributed by atoms with Crippen LogP contribution in [-0.2, 0) is 14.4 Å². The minimum absolute atomic E-state index is 0.00180. The number of carbonyl (C=O) groups excluding carboxylic acids is 3. The van der Waals surface area contributed by atoms with Crippen LogP contribution in [0.4, 0.5) is 5.69 Å². The Morgan fingerprint density at radius 3 is 2.62 bits per heavy atom. The number of nitrogens with one attached hydrogen (secondary N) is 2. The van der Waals surface area contributed by atoms with E-state index >= 15 is 0 Å². The van der Waals surface area contributed by atoms with Crippen LogP contribution in [0, 0.1) is 23.2 Å². The van der Waals surface area contributed by atoms with Gasteiger partial charge in [-0.3, -0.25) is 19.8 Å². The van der Waals surface area contributed by atoms with Crippen LogP contribution in [0.2, 0.25) is 0 Å². The second-order valence-electron chi connectivity index (χ2n) is 7.42. The fourth-order valence-corrected chi connectivity index (χ4v) is 2.89. The van der Waals surface area contributed by atoms with Crippen LogP contribution in [0.3, 0.4) is 0 Å². The molecule has 2 fully saturated rings. The molecule has 0 bridgehead atoms. The van der Waals surface area contributed by atoms with Gasteiger partial charge in [0.25, 0.3) is 17.7 Å². The SMILES string of the molecule is CC#CC(=O)N1CC(Oc2cccc(N/C(=C/C(N)=NC(=O)C3CC3)C(=N)C(N)=O)c2)C1. The number of nitrogens with zero attached hydrogens (tertiary/aromatic N) is 2. The van der Waals surface area contributed by atoms with Crippen LogP contribution in [-0.4, -0.2) is 53.4 Å². The lowest BCUT2D eigenvalue weighted by Crippen LogP contribution is -2.55. The van der Waals surface area contributed by atoms with Crippen LogP contribution < -0.4 is 21.5 Å². The minimum atomic E-state index is -0.966. The fourth-order valence-electron chi connectivity index (χ4n) is 2.89. The molecule has 166 valence electrons. The lowest BCUT2D eigenvalue weighted by atomic mass is 10.1. The maximum absolute atomic E-state index is 11.8. The van der Waals surface area contributed by atoms with Crippen molar-refractivity contribution < 1.29 is 19.1 Å². The minimum Gasteiger partial charge on any atom is -0.487 e. The van der Waals surface area contributed by atoms with Crippen molar-refractivity contribution in [2.24, 2.45) is 22.4 Å². The molecule has 0 atom stereocenters. The molecular formula is C22H24N6O4. The predicted octanol–water partition coefficient (Wildman–Crippen LogP) is 0.394. The number of amidine groups is 1. The number of primary amides is 1. The second-order valence-corrected chi connectivity index (χ2v) is 7.42. The smallest absolute Gasteiger partial charge is 0.298 e. The van der Waals surface area contributed by atoms with E-state index in [0.717, 1.165) is 12.8 Å². The Morgan fingerprint density at radius 1 is 1.28 bits per heavy atom. The standard InChI is InChI=1S/C22H24N6O4/c1-2-4-19(29)28-11-16(12-28)32-15-6-3-5-14(9-15)26-17(20(24)21(25)30)10-18(23)27-22(31)13-7-8-13/h3,5-6,9-10,13,16,24,26H,7-8,11-12H2,1H3,(H2,25,30)(H2,23,27,31)/b17-10+,24-20?. The van der Waals surface area contributed by atoms with Gasteiger partial charge in [0, 0.05) is 23.7 Å². The third kappa shape index (κ3) is 5.95. The van der Waals surface area contributed by atoms with Crippen molar-refractivity contribution >= 4 is 35.0 Å². The first kappa shape index (κ1) is 22.6. The topological polar surface area (TPSA) is 164 Å². The zero-order valence-electron chi connectivity index (χ0n) is 17.6. The second kappa shape index (κ2) is 9.78. The molecule has 1 saturated heterocycles. The van der Waals surface area contributed by atoms with Crippen LogP contribution in [0.15, 0.2) is 41.0 Å². The Hall–Kier alpha value is -4.13. The molecule has 32 heavy (non-hydrogen) atoms. The number of hydrogen-bond acceptors (Lipinski definition) is 6. The summed E-state index contributed by atoms with van der Waals surface area (Å²) in [6, 6.07) is 6.84. The summed E-state index contributed by atoms with van der Waals surface area (Å²) in [6.07, 6.45) is 2.63. The quantitative estimate of drug-likeness (QED) is 0.262. The van der Waals surface area contributed by atoms with Crippen LogP contribution in [0.1, 0.15) is 19.8 Å². The van der Waals surface area contributed by atoms with Crippen molar-refractivity contribution in [3.63, 3.8) is 0 Å². The number of rotatable bonds is 8. The summed E-state index contributed by atoms with van der Waals surface area (Å²) in [6.45, 7) is 2.48. The molecule has 1 aliphatic carbocycles. The van der Waals surface area contributed by atoms with E-state index in [4.69, 9.17) is 21.6 Å². The highest BCUT2D eigenvalue weighted by molar-refractivity contribution is 6.44.